The Bertz CT molecular complexity index is 916. The molecule has 0 spiro atoms. The molecule has 3 aromatic rings. The van der Waals surface area contributed by atoms with E-state index < -0.39 is 0 Å². The maximum absolute atomic E-state index is 13.1. The van der Waals surface area contributed by atoms with E-state index in [2.05, 4.69) is 39.2 Å². The first-order valence-electron chi connectivity index (χ1n) is 8.61. The topological polar surface area (TPSA) is 25.2 Å². The summed E-state index contributed by atoms with van der Waals surface area (Å²) in [6, 6.07) is 17.8. The van der Waals surface area contributed by atoms with Gasteiger partial charge in [0.15, 0.2) is 0 Å². The molecule has 0 fully saturated rings. The van der Waals surface area contributed by atoms with Gasteiger partial charge in [0, 0.05) is 35.0 Å². The Morgan fingerprint density at radius 1 is 1.11 bits per heavy atom. The van der Waals surface area contributed by atoms with Gasteiger partial charge in [-0.15, -0.1) is 6.58 Å². The fraction of sp³-hybridized carbons (Fsp3) is 0.136. The van der Waals surface area contributed by atoms with Crippen LogP contribution in [0.15, 0.2) is 84.0 Å². The molecule has 0 saturated carbocycles. The lowest BCUT2D eigenvalue weighted by Crippen LogP contribution is -2.31. The number of amides is 1. The molecule has 0 bridgehead atoms. The molecule has 0 atom stereocenters. The van der Waals surface area contributed by atoms with Crippen LogP contribution in [-0.2, 0) is 13.1 Å². The number of halogens is 2. The number of aromatic nitrogens is 1. The number of rotatable bonds is 7. The summed E-state index contributed by atoms with van der Waals surface area (Å²) < 4.78 is 16.3. The van der Waals surface area contributed by atoms with Crippen molar-refractivity contribution in [3.05, 3.63) is 107 Å². The highest BCUT2D eigenvalue weighted by atomic mass is 79.9. The normalized spacial score (nSPS) is 10.6. The summed E-state index contributed by atoms with van der Waals surface area (Å²) >= 11 is 3.45. The Hall–Kier alpha value is -2.66. The molecule has 0 aliphatic rings. The van der Waals surface area contributed by atoms with Crippen molar-refractivity contribution < 1.29 is 9.18 Å². The molecule has 0 aliphatic heterocycles. The van der Waals surface area contributed by atoms with E-state index in [1.807, 2.05) is 30.5 Å². The number of hydrogen-bond donors (Lipinski definition) is 0. The van der Waals surface area contributed by atoms with Crippen LogP contribution < -0.4 is 0 Å². The minimum atomic E-state index is -0.356. The van der Waals surface area contributed by atoms with Gasteiger partial charge in [0.25, 0.3) is 5.91 Å². The molecule has 3 rings (SSSR count). The SMILES string of the molecule is C=CCN(Cc1cccn1Cc1ccc(Br)cc1)C(=O)c1ccc(F)cc1. The molecule has 27 heavy (non-hydrogen) atoms. The molecule has 1 heterocycles. The monoisotopic (exact) mass is 426 g/mol. The number of hydrogen-bond acceptors (Lipinski definition) is 1. The smallest absolute Gasteiger partial charge is 0.254 e. The number of carbonyl (C=O) groups is 1. The average Bonchev–Trinajstić information content (AvgIpc) is 3.10. The first kappa shape index (κ1) is 19.1. The second kappa shape index (κ2) is 8.82. The van der Waals surface area contributed by atoms with Crippen molar-refractivity contribution in [2.75, 3.05) is 6.54 Å². The van der Waals surface area contributed by atoms with Crippen molar-refractivity contribution in [2.24, 2.45) is 0 Å². The van der Waals surface area contributed by atoms with E-state index in [-0.39, 0.29) is 11.7 Å². The Morgan fingerprint density at radius 2 is 1.81 bits per heavy atom. The molecule has 138 valence electrons. The molecule has 0 N–H and O–H groups in total. The third kappa shape index (κ3) is 4.95. The second-order valence-electron chi connectivity index (χ2n) is 6.24. The van der Waals surface area contributed by atoms with Crippen LogP contribution in [0.5, 0.6) is 0 Å². The van der Waals surface area contributed by atoms with E-state index in [9.17, 15) is 9.18 Å². The Labute approximate surface area is 166 Å². The van der Waals surface area contributed by atoms with Crippen LogP contribution in [-0.4, -0.2) is 21.9 Å². The van der Waals surface area contributed by atoms with Gasteiger partial charge < -0.3 is 9.47 Å². The average molecular weight is 427 g/mol. The van der Waals surface area contributed by atoms with Gasteiger partial charge in [0.05, 0.1) is 6.54 Å². The highest BCUT2D eigenvalue weighted by Crippen LogP contribution is 2.16. The van der Waals surface area contributed by atoms with Gasteiger partial charge in [-0.25, -0.2) is 4.39 Å². The van der Waals surface area contributed by atoms with Gasteiger partial charge in [-0.2, -0.15) is 0 Å². The fourth-order valence-corrected chi connectivity index (χ4v) is 3.14. The molecule has 0 radical (unpaired) electrons. The van der Waals surface area contributed by atoms with Crippen molar-refractivity contribution in [1.82, 2.24) is 9.47 Å². The first-order chi connectivity index (χ1) is 13.1. The zero-order chi connectivity index (χ0) is 19.2. The summed E-state index contributed by atoms with van der Waals surface area (Å²) in [5.74, 6) is -0.503. The van der Waals surface area contributed by atoms with Crippen LogP contribution in [0.2, 0.25) is 0 Å². The van der Waals surface area contributed by atoms with Gasteiger partial charge in [-0.05, 0) is 54.1 Å². The van der Waals surface area contributed by atoms with E-state index >= 15 is 0 Å². The highest BCUT2D eigenvalue weighted by Gasteiger charge is 2.16. The van der Waals surface area contributed by atoms with Crippen LogP contribution in [0, 0.1) is 5.82 Å². The standard InChI is InChI=1S/C22H20BrFN2O/c1-2-13-26(22(27)18-7-11-20(24)12-8-18)16-21-4-3-14-25(21)15-17-5-9-19(23)10-6-17/h2-12,14H,1,13,15-16H2. The Morgan fingerprint density at radius 3 is 2.48 bits per heavy atom. The van der Waals surface area contributed by atoms with Crippen LogP contribution in [0.3, 0.4) is 0 Å². The molecular weight excluding hydrogens is 407 g/mol. The predicted octanol–water partition coefficient (Wildman–Crippen LogP) is 5.27. The quantitative estimate of drug-likeness (QED) is 0.472. The summed E-state index contributed by atoms with van der Waals surface area (Å²) in [6.07, 6.45) is 3.70. The minimum absolute atomic E-state index is 0.147. The summed E-state index contributed by atoms with van der Waals surface area (Å²) in [5.41, 5.74) is 2.66. The highest BCUT2D eigenvalue weighted by molar-refractivity contribution is 9.10. The van der Waals surface area contributed by atoms with E-state index in [1.165, 1.54) is 29.8 Å². The molecule has 0 aliphatic carbocycles. The number of benzene rings is 2. The Balaban J connectivity index is 1.78. The summed E-state index contributed by atoms with van der Waals surface area (Å²) in [7, 11) is 0. The van der Waals surface area contributed by atoms with Crippen LogP contribution >= 0.6 is 15.9 Å². The van der Waals surface area contributed by atoms with Crippen LogP contribution in [0.4, 0.5) is 4.39 Å². The number of carbonyl (C=O) groups excluding carboxylic acids is 1. The zero-order valence-electron chi connectivity index (χ0n) is 14.8. The van der Waals surface area contributed by atoms with Crippen molar-refractivity contribution in [2.45, 2.75) is 13.1 Å². The maximum Gasteiger partial charge on any atom is 0.254 e. The van der Waals surface area contributed by atoms with E-state index in [1.54, 1.807) is 11.0 Å². The number of nitrogens with zero attached hydrogens (tertiary/aromatic N) is 2. The summed E-state index contributed by atoms with van der Waals surface area (Å²) in [4.78, 5) is 14.5. The third-order valence-electron chi connectivity index (χ3n) is 4.27. The minimum Gasteiger partial charge on any atom is -0.345 e. The molecule has 5 heteroatoms. The van der Waals surface area contributed by atoms with E-state index in [0.717, 1.165) is 16.7 Å². The first-order valence-corrected chi connectivity index (χ1v) is 9.40. The predicted molar refractivity (Wildman–Crippen MR) is 109 cm³/mol. The maximum atomic E-state index is 13.1. The molecule has 1 aromatic heterocycles. The molecular formula is C22H20BrFN2O. The third-order valence-corrected chi connectivity index (χ3v) is 4.80. The summed E-state index contributed by atoms with van der Waals surface area (Å²) in [5, 5.41) is 0. The summed E-state index contributed by atoms with van der Waals surface area (Å²) in [6.45, 7) is 5.34. The van der Waals surface area contributed by atoms with Gasteiger partial charge in [-0.3, -0.25) is 4.79 Å². The lowest BCUT2D eigenvalue weighted by molar-refractivity contribution is 0.0759. The Kier molecular flexibility index (Phi) is 6.24. The zero-order valence-corrected chi connectivity index (χ0v) is 16.4. The van der Waals surface area contributed by atoms with Crippen molar-refractivity contribution in [3.8, 4) is 0 Å². The molecule has 2 aromatic carbocycles. The molecule has 1 amide bonds. The van der Waals surface area contributed by atoms with Gasteiger partial charge in [-0.1, -0.05) is 34.1 Å². The van der Waals surface area contributed by atoms with Gasteiger partial charge in [0.2, 0.25) is 0 Å². The molecule has 0 unspecified atom stereocenters. The van der Waals surface area contributed by atoms with Crippen LogP contribution in [0.1, 0.15) is 21.6 Å². The van der Waals surface area contributed by atoms with Crippen molar-refractivity contribution in [1.29, 1.82) is 0 Å². The lowest BCUT2D eigenvalue weighted by atomic mass is 10.2. The largest absolute Gasteiger partial charge is 0.345 e. The molecule has 3 nitrogen and oxygen atoms in total. The van der Waals surface area contributed by atoms with Gasteiger partial charge >= 0.3 is 0 Å². The van der Waals surface area contributed by atoms with Gasteiger partial charge in [0.1, 0.15) is 5.82 Å². The molecule has 0 saturated heterocycles. The van der Waals surface area contributed by atoms with Crippen molar-refractivity contribution in [3.63, 3.8) is 0 Å². The fourth-order valence-electron chi connectivity index (χ4n) is 2.88. The van der Waals surface area contributed by atoms with E-state index in [0.29, 0.717) is 18.7 Å². The van der Waals surface area contributed by atoms with E-state index in [4.69, 9.17) is 0 Å². The van der Waals surface area contributed by atoms with Crippen molar-refractivity contribution >= 4 is 21.8 Å². The second-order valence-corrected chi connectivity index (χ2v) is 7.15. The van der Waals surface area contributed by atoms with Crippen LogP contribution in [0.25, 0.3) is 0 Å². The lowest BCUT2D eigenvalue weighted by Gasteiger charge is -2.22.